The van der Waals surface area contributed by atoms with E-state index >= 15 is 0 Å². The minimum atomic E-state index is -0.677. The van der Waals surface area contributed by atoms with Gasteiger partial charge in [0.1, 0.15) is 22.1 Å². The molecule has 1 aliphatic heterocycles. The van der Waals surface area contributed by atoms with Crippen LogP contribution in [0.5, 0.6) is 0 Å². The number of nitrogens with one attached hydrogen (secondary N) is 1. The number of morpholine rings is 1. The average Bonchev–Trinajstić information content (AvgIpc) is 3.43. The molecule has 2 aliphatic rings. The molecule has 0 radical (unpaired) electrons. The number of halogens is 1. The van der Waals surface area contributed by atoms with E-state index in [1.54, 1.807) is 6.07 Å². The topological polar surface area (TPSA) is 101 Å². The Morgan fingerprint density at radius 2 is 2.03 bits per heavy atom. The summed E-state index contributed by atoms with van der Waals surface area (Å²) in [6, 6.07) is 1.76. The molecule has 0 spiro atoms. The SMILES string of the molecule is CC(C)(C)OC(=O)N(CCN1CCOCC1)c1cc(Cl)nc2c(C(=O)NC3CC3)cnn12. The van der Waals surface area contributed by atoms with Gasteiger partial charge in [-0.15, -0.1) is 0 Å². The van der Waals surface area contributed by atoms with Crippen LogP contribution in [0.25, 0.3) is 5.65 Å². The molecule has 2 aromatic rings. The van der Waals surface area contributed by atoms with Crippen LogP contribution in [0.15, 0.2) is 12.3 Å². The summed E-state index contributed by atoms with van der Waals surface area (Å²) in [5, 5.41) is 7.45. The van der Waals surface area contributed by atoms with E-state index in [1.807, 2.05) is 20.8 Å². The quantitative estimate of drug-likeness (QED) is 0.655. The molecule has 0 bridgehead atoms. The molecule has 2 amide bonds. The van der Waals surface area contributed by atoms with E-state index in [9.17, 15) is 9.59 Å². The molecular formula is C21H29ClN6O4. The second-order valence-electron chi connectivity index (χ2n) is 9.06. The van der Waals surface area contributed by atoms with Crippen LogP contribution in [-0.2, 0) is 9.47 Å². The lowest BCUT2D eigenvalue weighted by atomic mass is 10.2. The van der Waals surface area contributed by atoms with Gasteiger partial charge in [-0.3, -0.25) is 14.6 Å². The van der Waals surface area contributed by atoms with Crippen LogP contribution in [0.3, 0.4) is 0 Å². The number of aromatic nitrogens is 3. The molecule has 10 nitrogen and oxygen atoms in total. The molecule has 0 aromatic carbocycles. The minimum absolute atomic E-state index is 0.161. The standard InChI is InChI=1S/C21H29ClN6O4/c1-21(2,3)32-20(30)27(7-6-26-8-10-31-11-9-26)17-12-16(22)25-18-15(13-23-28(17)18)19(29)24-14-4-5-14/h12-14H,4-11H2,1-3H3,(H,24,29). The van der Waals surface area contributed by atoms with Crippen LogP contribution in [0.1, 0.15) is 44.0 Å². The van der Waals surface area contributed by atoms with Gasteiger partial charge in [-0.1, -0.05) is 11.6 Å². The zero-order valence-corrected chi connectivity index (χ0v) is 19.4. The molecule has 1 saturated carbocycles. The van der Waals surface area contributed by atoms with Gasteiger partial charge in [0.15, 0.2) is 5.65 Å². The Labute approximate surface area is 191 Å². The van der Waals surface area contributed by atoms with Crippen LogP contribution in [0.4, 0.5) is 10.6 Å². The smallest absolute Gasteiger partial charge is 0.416 e. The van der Waals surface area contributed by atoms with E-state index in [4.69, 9.17) is 21.1 Å². The summed E-state index contributed by atoms with van der Waals surface area (Å²) in [5.41, 5.74) is -0.0625. The fraction of sp³-hybridized carbons (Fsp3) is 0.619. The Kier molecular flexibility index (Phi) is 6.55. The normalized spacial score (nSPS) is 17.4. The number of carbonyl (C=O) groups is 2. The van der Waals surface area contributed by atoms with Gasteiger partial charge in [-0.2, -0.15) is 9.61 Å². The molecule has 2 aromatic heterocycles. The Morgan fingerprint density at radius 1 is 1.31 bits per heavy atom. The zero-order chi connectivity index (χ0) is 22.9. The van der Waals surface area contributed by atoms with Crippen LogP contribution >= 0.6 is 11.6 Å². The number of fused-ring (bicyclic) bond motifs is 1. The number of rotatable bonds is 6. The number of hydrogen-bond donors (Lipinski definition) is 1. The number of anilines is 1. The number of nitrogens with zero attached hydrogens (tertiary/aromatic N) is 5. The molecule has 174 valence electrons. The summed E-state index contributed by atoms with van der Waals surface area (Å²) < 4.78 is 12.5. The lowest BCUT2D eigenvalue weighted by Gasteiger charge is -2.31. The fourth-order valence-electron chi connectivity index (χ4n) is 3.44. The highest BCUT2D eigenvalue weighted by atomic mass is 35.5. The third kappa shape index (κ3) is 5.48. The second kappa shape index (κ2) is 9.21. The largest absolute Gasteiger partial charge is 0.443 e. The Balaban J connectivity index is 1.66. The second-order valence-corrected chi connectivity index (χ2v) is 9.45. The molecule has 32 heavy (non-hydrogen) atoms. The molecule has 3 heterocycles. The van der Waals surface area contributed by atoms with Crippen molar-refractivity contribution in [2.75, 3.05) is 44.3 Å². The van der Waals surface area contributed by atoms with Crippen molar-refractivity contribution in [1.82, 2.24) is 24.8 Å². The molecule has 1 saturated heterocycles. The van der Waals surface area contributed by atoms with Crippen LogP contribution in [0, 0.1) is 0 Å². The Bertz CT molecular complexity index is 994. The van der Waals surface area contributed by atoms with Gasteiger partial charge in [0, 0.05) is 38.3 Å². The van der Waals surface area contributed by atoms with Crippen LogP contribution in [-0.4, -0.2) is 82.5 Å². The molecule has 1 aliphatic carbocycles. The summed E-state index contributed by atoms with van der Waals surface area (Å²) in [6.45, 7) is 9.34. The van der Waals surface area contributed by atoms with E-state index in [0.717, 1.165) is 25.9 Å². The summed E-state index contributed by atoms with van der Waals surface area (Å²) in [6.07, 6.45) is 2.88. The van der Waals surface area contributed by atoms with E-state index in [-0.39, 0.29) is 17.1 Å². The van der Waals surface area contributed by atoms with E-state index in [0.29, 0.717) is 43.3 Å². The van der Waals surface area contributed by atoms with Gasteiger partial charge in [0.2, 0.25) is 0 Å². The molecule has 0 atom stereocenters. The van der Waals surface area contributed by atoms with Crippen molar-refractivity contribution >= 4 is 35.1 Å². The molecular weight excluding hydrogens is 436 g/mol. The third-order valence-corrected chi connectivity index (χ3v) is 5.41. The highest BCUT2D eigenvalue weighted by Crippen LogP contribution is 2.25. The fourth-order valence-corrected chi connectivity index (χ4v) is 3.62. The van der Waals surface area contributed by atoms with Gasteiger partial charge < -0.3 is 14.8 Å². The maximum atomic E-state index is 13.2. The lowest BCUT2D eigenvalue weighted by molar-refractivity contribution is 0.0374. The molecule has 11 heteroatoms. The van der Waals surface area contributed by atoms with Gasteiger partial charge >= 0.3 is 6.09 Å². The van der Waals surface area contributed by atoms with Gasteiger partial charge in [-0.05, 0) is 33.6 Å². The first-order chi connectivity index (χ1) is 15.2. The predicted octanol–water partition coefficient (Wildman–Crippen LogP) is 2.35. The maximum Gasteiger partial charge on any atom is 0.416 e. The molecule has 0 unspecified atom stereocenters. The van der Waals surface area contributed by atoms with Crippen molar-refractivity contribution in [3.05, 3.63) is 23.0 Å². The predicted molar refractivity (Wildman–Crippen MR) is 119 cm³/mol. The average molecular weight is 465 g/mol. The maximum absolute atomic E-state index is 13.2. The van der Waals surface area contributed by atoms with Crippen molar-refractivity contribution in [2.45, 2.75) is 45.3 Å². The number of carbonyl (C=O) groups excluding carboxylic acids is 2. The summed E-state index contributed by atoms with van der Waals surface area (Å²) in [5.74, 6) is 0.147. The zero-order valence-electron chi connectivity index (χ0n) is 18.6. The first kappa shape index (κ1) is 22.8. The Morgan fingerprint density at radius 3 is 2.69 bits per heavy atom. The molecule has 2 fully saturated rings. The van der Waals surface area contributed by atoms with Crippen LogP contribution < -0.4 is 10.2 Å². The van der Waals surface area contributed by atoms with Crippen molar-refractivity contribution in [1.29, 1.82) is 0 Å². The number of ether oxygens (including phenoxy) is 2. The van der Waals surface area contributed by atoms with Gasteiger partial charge in [0.05, 0.1) is 19.4 Å². The summed E-state index contributed by atoms with van der Waals surface area (Å²) in [4.78, 5) is 33.8. The molecule has 1 N–H and O–H groups in total. The van der Waals surface area contributed by atoms with Crippen molar-refractivity contribution in [3.63, 3.8) is 0 Å². The van der Waals surface area contributed by atoms with E-state index in [2.05, 4.69) is 20.3 Å². The minimum Gasteiger partial charge on any atom is -0.443 e. The third-order valence-electron chi connectivity index (χ3n) is 5.21. The highest BCUT2D eigenvalue weighted by Gasteiger charge is 2.29. The van der Waals surface area contributed by atoms with E-state index in [1.165, 1.54) is 15.6 Å². The number of hydrogen-bond acceptors (Lipinski definition) is 7. The highest BCUT2D eigenvalue weighted by molar-refractivity contribution is 6.30. The van der Waals surface area contributed by atoms with Crippen molar-refractivity contribution < 1.29 is 19.1 Å². The van der Waals surface area contributed by atoms with Gasteiger partial charge in [-0.25, -0.2) is 9.78 Å². The lowest BCUT2D eigenvalue weighted by Crippen LogP contribution is -2.45. The van der Waals surface area contributed by atoms with Crippen LogP contribution in [0.2, 0.25) is 5.15 Å². The summed E-state index contributed by atoms with van der Waals surface area (Å²) >= 11 is 6.32. The summed E-state index contributed by atoms with van der Waals surface area (Å²) in [7, 11) is 0. The van der Waals surface area contributed by atoms with Crippen molar-refractivity contribution in [3.8, 4) is 0 Å². The monoisotopic (exact) mass is 464 g/mol. The Hall–Kier alpha value is -2.43. The first-order valence-electron chi connectivity index (χ1n) is 10.9. The number of amides is 2. The van der Waals surface area contributed by atoms with E-state index < -0.39 is 11.7 Å². The van der Waals surface area contributed by atoms with Gasteiger partial charge in [0.25, 0.3) is 5.91 Å². The molecule has 4 rings (SSSR count). The first-order valence-corrected chi connectivity index (χ1v) is 11.2. The van der Waals surface area contributed by atoms with Crippen molar-refractivity contribution in [2.24, 2.45) is 0 Å².